The standard InChI is InChI=1S/C25H25N5O4S/c1-27-13-16-2-4-18(5-3-16)24-29-30-25(34-24)22-12-19(14-28-23(22)26)17-6-8-20(9-7-17)35(31,32)21-10-11-33-15-21/h2-9,12,14,21,27H,10-11,13,15H2,1H3,(H2,26,28)/t21-/m1/s1. The molecule has 0 amide bonds. The molecule has 35 heavy (non-hydrogen) atoms. The molecule has 0 saturated carbocycles. The van der Waals surface area contributed by atoms with Crippen LogP contribution < -0.4 is 11.1 Å². The summed E-state index contributed by atoms with van der Waals surface area (Å²) in [5, 5.41) is 10.9. The number of aromatic nitrogens is 3. The van der Waals surface area contributed by atoms with Gasteiger partial charge in [0.2, 0.25) is 5.89 Å². The molecule has 180 valence electrons. The van der Waals surface area contributed by atoms with E-state index >= 15 is 0 Å². The molecule has 5 rings (SSSR count). The van der Waals surface area contributed by atoms with E-state index in [-0.39, 0.29) is 23.2 Å². The Morgan fingerprint density at radius 3 is 2.40 bits per heavy atom. The molecule has 1 saturated heterocycles. The van der Waals surface area contributed by atoms with Crippen molar-refractivity contribution in [2.45, 2.75) is 23.1 Å². The number of pyridine rings is 1. The fourth-order valence-electron chi connectivity index (χ4n) is 4.01. The number of nitrogens with two attached hydrogens (primary N) is 1. The third-order valence-electron chi connectivity index (χ3n) is 6.00. The van der Waals surface area contributed by atoms with Gasteiger partial charge in [-0.2, -0.15) is 0 Å². The van der Waals surface area contributed by atoms with Crippen molar-refractivity contribution in [3.63, 3.8) is 0 Å². The quantitative estimate of drug-likeness (QED) is 0.399. The molecule has 0 unspecified atom stereocenters. The van der Waals surface area contributed by atoms with Crippen LogP contribution in [-0.4, -0.2) is 49.1 Å². The highest BCUT2D eigenvalue weighted by molar-refractivity contribution is 7.92. The maximum Gasteiger partial charge on any atom is 0.251 e. The number of nitrogens with zero attached hydrogens (tertiary/aromatic N) is 3. The van der Waals surface area contributed by atoms with E-state index in [2.05, 4.69) is 20.5 Å². The zero-order valence-electron chi connectivity index (χ0n) is 19.1. The lowest BCUT2D eigenvalue weighted by Crippen LogP contribution is -2.21. The Balaban J connectivity index is 1.41. The van der Waals surface area contributed by atoms with Crippen molar-refractivity contribution >= 4 is 15.7 Å². The highest BCUT2D eigenvalue weighted by Gasteiger charge is 2.31. The molecule has 2 aromatic carbocycles. The molecule has 9 nitrogen and oxygen atoms in total. The van der Waals surface area contributed by atoms with Crippen LogP contribution in [0.3, 0.4) is 0 Å². The Bertz CT molecular complexity index is 1430. The summed E-state index contributed by atoms with van der Waals surface area (Å²) in [5.74, 6) is 0.895. The number of sulfone groups is 1. The lowest BCUT2D eigenvalue weighted by atomic mass is 10.1. The third-order valence-corrected chi connectivity index (χ3v) is 8.18. The number of hydrogen-bond donors (Lipinski definition) is 2. The van der Waals surface area contributed by atoms with Gasteiger partial charge in [0.1, 0.15) is 5.82 Å². The summed E-state index contributed by atoms with van der Waals surface area (Å²) in [6, 6.07) is 16.4. The molecule has 0 spiro atoms. The number of nitrogen functional groups attached to an aromatic ring is 1. The van der Waals surface area contributed by atoms with Crippen LogP contribution in [0.5, 0.6) is 0 Å². The van der Waals surface area contributed by atoms with Gasteiger partial charge in [-0.25, -0.2) is 13.4 Å². The summed E-state index contributed by atoms with van der Waals surface area (Å²) < 4.78 is 36.7. The first kappa shape index (κ1) is 23.2. The molecule has 3 heterocycles. The van der Waals surface area contributed by atoms with E-state index in [0.29, 0.717) is 24.5 Å². The summed E-state index contributed by atoms with van der Waals surface area (Å²) in [6.45, 7) is 1.48. The fourth-order valence-corrected chi connectivity index (χ4v) is 5.59. The van der Waals surface area contributed by atoms with E-state index in [4.69, 9.17) is 14.9 Å². The minimum absolute atomic E-state index is 0.238. The van der Waals surface area contributed by atoms with E-state index < -0.39 is 15.1 Å². The van der Waals surface area contributed by atoms with Gasteiger partial charge in [-0.1, -0.05) is 24.3 Å². The van der Waals surface area contributed by atoms with Gasteiger partial charge in [0.05, 0.1) is 22.3 Å². The number of hydrogen-bond acceptors (Lipinski definition) is 9. The molecule has 3 N–H and O–H groups in total. The van der Waals surface area contributed by atoms with E-state index in [1.807, 2.05) is 37.4 Å². The normalized spacial score (nSPS) is 16.0. The molecule has 10 heteroatoms. The Hall–Kier alpha value is -3.60. The van der Waals surface area contributed by atoms with Crippen molar-refractivity contribution in [2.24, 2.45) is 0 Å². The van der Waals surface area contributed by atoms with E-state index in [0.717, 1.165) is 28.8 Å². The lowest BCUT2D eigenvalue weighted by Gasteiger charge is -2.11. The second kappa shape index (κ2) is 9.57. The smallest absolute Gasteiger partial charge is 0.251 e. The van der Waals surface area contributed by atoms with Crippen molar-refractivity contribution in [3.05, 3.63) is 66.4 Å². The van der Waals surface area contributed by atoms with Gasteiger partial charge < -0.3 is 20.2 Å². The van der Waals surface area contributed by atoms with Crippen LogP contribution in [0, 0.1) is 0 Å². The van der Waals surface area contributed by atoms with Crippen LogP contribution in [0.1, 0.15) is 12.0 Å². The largest absolute Gasteiger partial charge is 0.416 e. The highest BCUT2D eigenvalue weighted by Crippen LogP contribution is 2.32. The van der Waals surface area contributed by atoms with Crippen molar-refractivity contribution in [3.8, 4) is 34.0 Å². The molecular formula is C25H25N5O4S. The van der Waals surface area contributed by atoms with Crippen LogP contribution in [0.15, 0.2) is 70.1 Å². The van der Waals surface area contributed by atoms with Gasteiger partial charge in [0.25, 0.3) is 5.89 Å². The number of rotatable bonds is 7. The Labute approximate surface area is 203 Å². The number of anilines is 1. The van der Waals surface area contributed by atoms with Gasteiger partial charge >= 0.3 is 0 Å². The van der Waals surface area contributed by atoms with Crippen LogP contribution in [0.4, 0.5) is 5.82 Å². The molecule has 0 radical (unpaired) electrons. The second-order valence-electron chi connectivity index (χ2n) is 8.35. The SMILES string of the molecule is CNCc1ccc(-c2nnc(-c3cc(-c4ccc(S(=O)(=O)[C@@H]5CCOC5)cc4)cnc3N)o2)cc1. The maximum atomic E-state index is 12.8. The summed E-state index contributed by atoms with van der Waals surface area (Å²) in [5.41, 5.74) is 10.1. The first-order valence-corrected chi connectivity index (χ1v) is 12.8. The summed E-state index contributed by atoms with van der Waals surface area (Å²) >= 11 is 0. The summed E-state index contributed by atoms with van der Waals surface area (Å²) in [4.78, 5) is 4.57. The van der Waals surface area contributed by atoms with Gasteiger partial charge in [-0.3, -0.25) is 0 Å². The predicted molar refractivity (Wildman–Crippen MR) is 132 cm³/mol. The summed E-state index contributed by atoms with van der Waals surface area (Å²) in [6.07, 6.45) is 2.15. The van der Waals surface area contributed by atoms with Crippen molar-refractivity contribution in [1.82, 2.24) is 20.5 Å². The minimum atomic E-state index is -3.42. The maximum absolute atomic E-state index is 12.8. The fraction of sp³-hybridized carbons (Fsp3) is 0.240. The Kier molecular flexibility index (Phi) is 6.33. The Morgan fingerprint density at radius 2 is 1.71 bits per heavy atom. The molecule has 1 aliphatic heterocycles. The molecule has 1 fully saturated rings. The molecule has 0 bridgehead atoms. The molecule has 1 atom stereocenters. The number of ether oxygens (including phenoxy) is 1. The Morgan fingerprint density at radius 1 is 1.00 bits per heavy atom. The molecule has 2 aromatic heterocycles. The molecule has 0 aliphatic carbocycles. The van der Waals surface area contributed by atoms with Gasteiger partial charge in [-0.15, -0.1) is 10.2 Å². The van der Waals surface area contributed by atoms with Crippen LogP contribution in [-0.2, 0) is 21.1 Å². The third kappa shape index (κ3) is 4.68. The zero-order chi connectivity index (χ0) is 24.4. The molecular weight excluding hydrogens is 466 g/mol. The topological polar surface area (TPSA) is 133 Å². The average molecular weight is 492 g/mol. The van der Waals surface area contributed by atoms with Crippen molar-refractivity contribution in [1.29, 1.82) is 0 Å². The van der Waals surface area contributed by atoms with Crippen LogP contribution >= 0.6 is 0 Å². The van der Waals surface area contributed by atoms with Crippen molar-refractivity contribution in [2.75, 3.05) is 26.0 Å². The van der Waals surface area contributed by atoms with Gasteiger partial charge in [-0.05, 0) is 54.9 Å². The minimum Gasteiger partial charge on any atom is -0.416 e. The monoisotopic (exact) mass is 491 g/mol. The molecule has 1 aliphatic rings. The van der Waals surface area contributed by atoms with Crippen molar-refractivity contribution < 1.29 is 17.6 Å². The number of nitrogens with one attached hydrogen (secondary N) is 1. The molecule has 4 aromatic rings. The zero-order valence-corrected chi connectivity index (χ0v) is 20.0. The first-order chi connectivity index (χ1) is 17.0. The van der Waals surface area contributed by atoms with E-state index in [1.165, 1.54) is 0 Å². The van der Waals surface area contributed by atoms with Crippen LogP contribution in [0.25, 0.3) is 34.0 Å². The average Bonchev–Trinajstić information content (AvgIpc) is 3.59. The predicted octanol–water partition coefficient (Wildman–Crippen LogP) is 3.33. The van der Waals surface area contributed by atoms with Gasteiger partial charge in [0, 0.05) is 30.5 Å². The van der Waals surface area contributed by atoms with Gasteiger partial charge in [0.15, 0.2) is 9.84 Å². The highest BCUT2D eigenvalue weighted by atomic mass is 32.2. The van der Waals surface area contributed by atoms with E-state index in [1.54, 1.807) is 30.5 Å². The first-order valence-electron chi connectivity index (χ1n) is 11.2. The number of benzene rings is 2. The van der Waals surface area contributed by atoms with Crippen LogP contribution in [0.2, 0.25) is 0 Å². The second-order valence-corrected chi connectivity index (χ2v) is 10.6. The van der Waals surface area contributed by atoms with E-state index in [9.17, 15) is 8.42 Å². The lowest BCUT2D eigenvalue weighted by molar-refractivity contribution is 0.198. The summed E-state index contributed by atoms with van der Waals surface area (Å²) in [7, 11) is -1.53.